The first-order valence-corrected chi connectivity index (χ1v) is 25.1. The molecule has 0 aliphatic carbocycles. The van der Waals surface area contributed by atoms with Gasteiger partial charge in [-0.3, -0.25) is 9.36 Å². The molecule has 2 heterocycles. The van der Waals surface area contributed by atoms with E-state index in [2.05, 4.69) is 65.4 Å². The molecule has 0 radical (unpaired) electrons. The predicted octanol–water partition coefficient (Wildman–Crippen LogP) is 14.5. The quantitative estimate of drug-likeness (QED) is 0.106. The van der Waals surface area contributed by atoms with Crippen LogP contribution >= 0.6 is 0 Å². The van der Waals surface area contributed by atoms with Crippen LogP contribution in [-0.2, 0) is 22.3 Å². The number of para-hydroxylation sites is 4. The summed E-state index contributed by atoms with van der Waals surface area (Å²) in [7, 11) is -1.59. The summed E-state index contributed by atoms with van der Waals surface area (Å²) in [5, 5.41) is 0. The third-order valence-corrected chi connectivity index (χ3v) is 15.1. The molecule has 9 nitrogen and oxygen atoms in total. The Kier molecular flexibility index (Phi) is 11.7. The van der Waals surface area contributed by atoms with Gasteiger partial charge in [0.2, 0.25) is 9.84 Å². The van der Waals surface area contributed by atoms with Crippen LogP contribution in [0.3, 0.4) is 0 Å². The lowest BCUT2D eigenvalue weighted by Crippen LogP contribution is -2.18. The molecule has 0 saturated heterocycles. The maximum absolute atomic E-state index is 13.8. The second-order valence-corrected chi connectivity index (χ2v) is 20.3. The molecule has 0 unspecified atom stereocenters. The number of ketones is 1. The highest BCUT2D eigenvalue weighted by molar-refractivity contribution is 7.91. The SMILES string of the molecule is Cc1ccc(S(=O)(=O)c2ccc(Oc3ccc(C(C)(C)c4ccc(Oc5ccc(C(=O)c6ccc(-n7c(-c8cccc(-c9nc%10ccccc%10n9C)c8)nc8ccccc87)cc6)cc5)cc4)cc3)cc2)cc1. The molecular weight excluding hydrogens is 913 g/mol. The summed E-state index contributed by atoms with van der Waals surface area (Å²) < 4.78 is 42.8. The topological polar surface area (TPSA) is 105 Å². The van der Waals surface area contributed by atoms with Crippen molar-refractivity contribution in [3.8, 4) is 51.5 Å². The molecule has 0 spiro atoms. The van der Waals surface area contributed by atoms with Gasteiger partial charge in [0.15, 0.2) is 5.78 Å². The molecule has 0 saturated carbocycles. The molecule has 11 rings (SSSR count). The van der Waals surface area contributed by atoms with E-state index in [-0.39, 0.29) is 21.0 Å². The van der Waals surface area contributed by atoms with E-state index in [0.29, 0.717) is 34.1 Å². The predicted molar refractivity (Wildman–Crippen MR) is 284 cm³/mol. The highest BCUT2D eigenvalue weighted by Gasteiger charge is 2.24. The van der Waals surface area contributed by atoms with Gasteiger partial charge in [-0.1, -0.05) is 98.3 Å². The van der Waals surface area contributed by atoms with Crippen LogP contribution in [0.15, 0.2) is 228 Å². The third kappa shape index (κ3) is 8.73. The normalized spacial score (nSPS) is 11.8. The number of ether oxygens (including phenoxy) is 2. The highest BCUT2D eigenvalue weighted by atomic mass is 32.2. The number of aryl methyl sites for hydroxylation is 2. The van der Waals surface area contributed by atoms with Crippen molar-refractivity contribution in [3.05, 3.63) is 246 Å². The average Bonchev–Trinajstić information content (AvgIpc) is 3.97. The van der Waals surface area contributed by atoms with Gasteiger partial charge in [-0.25, -0.2) is 18.4 Å². The van der Waals surface area contributed by atoms with Gasteiger partial charge in [-0.05, 0) is 158 Å². The third-order valence-electron chi connectivity index (χ3n) is 13.3. The zero-order chi connectivity index (χ0) is 49.6. The Balaban J connectivity index is 0.740. The summed E-state index contributed by atoms with van der Waals surface area (Å²) in [5.41, 5.74) is 10.7. The van der Waals surface area contributed by atoms with E-state index in [1.54, 1.807) is 60.7 Å². The summed E-state index contributed by atoms with van der Waals surface area (Å²) in [6, 6.07) is 68.7. The molecule has 0 amide bonds. The zero-order valence-electron chi connectivity index (χ0n) is 40.0. The van der Waals surface area contributed by atoms with Crippen molar-refractivity contribution in [3.63, 3.8) is 0 Å². The minimum absolute atomic E-state index is 0.0917. The van der Waals surface area contributed by atoms with Crippen LogP contribution in [0.4, 0.5) is 0 Å². The van der Waals surface area contributed by atoms with E-state index in [4.69, 9.17) is 19.4 Å². The Morgan fingerprint density at radius 1 is 0.486 bits per heavy atom. The Bertz CT molecular complexity index is 3900. The van der Waals surface area contributed by atoms with E-state index in [1.807, 2.05) is 129 Å². The van der Waals surface area contributed by atoms with Crippen LogP contribution in [0.5, 0.6) is 23.0 Å². The number of carbonyl (C=O) groups is 1. The van der Waals surface area contributed by atoms with Gasteiger partial charge in [0.25, 0.3) is 0 Å². The van der Waals surface area contributed by atoms with E-state index < -0.39 is 9.84 Å². The maximum atomic E-state index is 13.8. The fourth-order valence-electron chi connectivity index (χ4n) is 9.14. The molecule has 11 aromatic rings. The molecule has 352 valence electrons. The number of imidazole rings is 2. The number of benzene rings is 9. The van der Waals surface area contributed by atoms with Crippen molar-refractivity contribution in [2.75, 3.05) is 0 Å². The second-order valence-electron chi connectivity index (χ2n) is 18.4. The van der Waals surface area contributed by atoms with Gasteiger partial charge in [-0.15, -0.1) is 0 Å². The first-order chi connectivity index (χ1) is 34.9. The number of rotatable bonds is 13. The van der Waals surface area contributed by atoms with Crippen LogP contribution in [0.25, 0.3) is 50.5 Å². The number of nitrogens with zero attached hydrogens (tertiary/aromatic N) is 4. The molecule has 0 aliphatic heterocycles. The molecule has 72 heavy (non-hydrogen) atoms. The highest BCUT2D eigenvalue weighted by Crippen LogP contribution is 2.36. The van der Waals surface area contributed by atoms with Crippen molar-refractivity contribution < 1.29 is 22.7 Å². The van der Waals surface area contributed by atoms with Crippen molar-refractivity contribution in [2.24, 2.45) is 7.05 Å². The number of sulfone groups is 1. The number of hydrogen-bond donors (Lipinski definition) is 0. The molecule has 0 bridgehead atoms. The average molecular weight is 961 g/mol. The van der Waals surface area contributed by atoms with E-state index >= 15 is 0 Å². The monoisotopic (exact) mass is 960 g/mol. The van der Waals surface area contributed by atoms with E-state index in [9.17, 15) is 13.2 Å². The zero-order valence-corrected chi connectivity index (χ0v) is 40.8. The van der Waals surface area contributed by atoms with Crippen LogP contribution < -0.4 is 9.47 Å². The van der Waals surface area contributed by atoms with Crippen molar-refractivity contribution in [1.82, 2.24) is 19.1 Å². The maximum Gasteiger partial charge on any atom is 0.206 e. The molecule has 2 aromatic heterocycles. The van der Waals surface area contributed by atoms with Gasteiger partial charge >= 0.3 is 0 Å². The van der Waals surface area contributed by atoms with Gasteiger partial charge in [0, 0.05) is 40.4 Å². The molecule has 0 fully saturated rings. The molecule has 10 heteroatoms. The second kappa shape index (κ2) is 18.5. The Morgan fingerprint density at radius 2 is 0.917 bits per heavy atom. The standard InChI is InChI=1S/C62H48N4O5S/c1-41-16-36-53(37-17-41)72(68,69)54-38-34-52(35-39-54)71-51-32-24-47(25-33-51)62(2,3)46-22-30-50(31-23-46)70-49-28-20-43(21-29-49)59(67)42-18-26-48(27-19-42)66-58-15-8-6-13-56(58)64-61(66)45-11-9-10-44(40-45)60-63-55-12-5-7-14-57(55)65(60)4/h5-40H,1-4H3. The minimum Gasteiger partial charge on any atom is -0.457 e. The van der Waals surface area contributed by atoms with E-state index in [1.165, 1.54) is 0 Å². The van der Waals surface area contributed by atoms with Crippen LogP contribution in [-0.4, -0.2) is 33.3 Å². The van der Waals surface area contributed by atoms with Crippen molar-refractivity contribution in [1.29, 1.82) is 0 Å². The smallest absolute Gasteiger partial charge is 0.206 e. The van der Waals surface area contributed by atoms with Gasteiger partial charge in [0.05, 0.1) is 31.9 Å². The molecule has 0 N–H and O–H groups in total. The fourth-order valence-corrected chi connectivity index (χ4v) is 10.4. The number of hydrogen-bond acceptors (Lipinski definition) is 7. The van der Waals surface area contributed by atoms with Crippen LogP contribution in [0, 0.1) is 6.92 Å². The molecule has 0 atom stereocenters. The lowest BCUT2D eigenvalue weighted by Gasteiger charge is -2.26. The molecular formula is C62H48N4O5S. The summed E-state index contributed by atoms with van der Waals surface area (Å²) in [5.74, 6) is 4.05. The first kappa shape index (κ1) is 45.6. The molecule has 0 aliphatic rings. The number of aromatic nitrogens is 4. The summed E-state index contributed by atoms with van der Waals surface area (Å²) >= 11 is 0. The van der Waals surface area contributed by atoms with Crippen LogP contribution in [0.1, 0.15) is 46.5 Å². The van der Waals surface area contributed by atoms with Crippen molar-refractivity contribution in [2.45, 2.75) is 36.0 Å². The Morgan fingerprint density at radius 3 is 1.46 bits per heavy atom. The lowest BCUT2D eigenvalue weighted by atomic mass is 9.78. The summed E-state index contributed by atoms with van der Waals surface area (Å²) in [6.07, 6.45) is 0. The summed E-state index contributed by atoms with van der Waals surface area (Å²) in [4.78, 5) is 24.3. The van der Waals surface area contributed by atoms with E-state index in [0.717, 1.165) is 67.2 Å². The van der Waals surface area contributed by atoms with Crippen molar-refractivity contribution >= 4 is 37.7 Å². The largest absolute Gasteiger partial charge is 0.457 e. The van der Waals surface area contributed by atoms with Gasteiger partial charge in [0.1, 0.15) is 34.6 Å². The van der Waals surface area contributed by atoms with Gasteiger partial charge in [-0.2, -0.15) is 0 Å². The number of fused-ring (bicyclic) bond motifs is 2. The minimum atomic E-state index is -3.63. The van der Waals surface area contributed by atoms with Crippen LogP contribution in [0.2, 0.25) is 0 Å². The molecule has 9 aromatic carbocycles. The number of carbonyl (C=O) groups excluding carboxylic acids is 1. The van der Waals surface area contributed by atoms with Gasteiger partial charge < -0.3 is 14.0 Å². The lowest BCUT2D eigenvalue weighted by molar-refractivity contribution is 0.103. The Hall–Kier alpha value is -8.86. The first-order valence-electron chi connectivity index (χ1n) is 23.6. The Labute approximate surface area is 418 Å². The summed E-state index contributed by atoms with van der Waals surface area (Å²) in [6.45, 7) is 6.25. The fraction of sp³-hybridized carbons (Fsp3) is 0.0806.